The van der Waals surface area contributed by atoms with Crippen LogP contribution in [0, 0.1) is 0 Å². The molecule has 9 nitrogen and oxygen atoms in total. The normalized spacial score (nSPS) is 21.4. The van der Waals surface area contributed by atoms with Gasteiger partial charge in [0.2, 0.25) is 0 Å². The summed E-state index contributed by atoms with van der Waals surface area (Å²) in [5, 5.41) is 0. The number of rotatable bonds is 4. The first kappa shape index (κ1) is 22.4. The van der Waals surface area contributed by atoms with Crippen molar-refractivity contribution in [1.82, 2.24) is 14.7 Å². The summed E-state index contributed by atoms with van der Waals surface area (Å²) in [6.45, 7) is 10.2. The predicted octanol–water partition coefficient (Wildman–Crippen LogP) is 1.07. The number of carbonyl (C=O) groups excluding carboxylic acids is 3. The molecule has 0 bridgehead atoms. The van der Waals surface area contributed by atoms with Gasteiger partial charge < -0.3 is 19.1 Å². The van der Waals surface area contributed by atoms with Crippen LogP contribution in [0.3, 0.4) is 0 Å². The van der Waals surface area contributed by atoms with E-state index in [-0.39, 0.29) is 23.0 Å². The SMILES string of the molecule is CC(C)N1CCN(C(=O)c2ccc(CN3CCOCC3)c3c2OC(=O)/C=C/C(=O)O3)CC1. The summed E-state index contributed by atoms with van der Waals surface area (Å²) >= 11 is 0. The van der Waals surface area contributed by atoms with Crippen molar-refractivity contribution in [3.63, 3.8) is 0 Å². The molecule has 2 fully saturated rings. The Morgan fingerprint density at radius 1 is 0.906 bits per heavy atom. The molecular weight excluding hydrogens is 414 g/mol. The summed E-state index contributed by atoms with van der Waals surface area (Å²) in [7, 11) is 0. The molecule has 0 saturated carbocycles. The summed E-state index contributed by atoms with van der Waals surface area (Å²) < 4.78 is 16.5. The number of hydrogen-bond donors (Lipinski definition) is 0. The molecule has 172 valence electrons. The van der Waals surface area contributed by atoms with Crippen molar-refractivity contribution in [3.05, 3.63) is 35.4 Å². The summed E-state index contributed by atoms with van der Waals surface area (Å²) in [5.74, 6) is -1.50. The quantitative estimate of drug-likeness (QED) is 0.504. The number of fused-ring (bicyclic) bond motifs is 1. The van der Waals surface area contributed by atoms with Gasteiger partial charge in [0.05, 0.1) is 18.8 Å². The fourth-order valence-corrected chi connectivity index (χ4v) is 4.13. The maximum absolute atomic E-state index is 13.4. The maximum atomic E-state index is 13.4. The molecule has 4 rings (SSSR count). The van der Waals surface area contributed by atoms with Gasteiger partial charge in [0.25, 0.3) is 5.91 Å². The molecule has 3 aliphatic heterocycles. The van der Waals surface area contributed by atoms with Crippen molar-refractivity contribution < 1.29 is 28.6 Å². The third kappa shape index (κ3) is 5.01. The lowest BCUT2D eigenvalue weighted by Gasteiger charge is -2.37. The van der Waals surface area contributed by atoms with Crippen LogP contribution in [0.2, 0.25) is 0 Å². The first-order chi connectivity index (χ1) is 15.4. The number of piperazine rings is 1. The van der Waals surface area contributed by atoms with Crippen LogP contribution in [0.5, 0.6) is 11.5 Å². The predicted molar refractivity (Wildman–Crippen MR) is 116 cm³/mol. The Hall–Kier alpha value is -2.75. The van der Waals surface area contributed by atoms with Crippen molar-refractivity contribution in [2.75, 3.05) is 52.5 Å². The molecule has 32 heavy (non-hydrogen) atoms. The summed E-state index contributed by atoms with van der Waals surface area (Å²) in [6, 6.07) is 3.86. The van der Waals surface area contributed by atoms with Gasteiger partial charge in [-0.2, -0.15) is 0 Å². The number of ether oxygens (including phenoxy) is 3. The highest BCUT2D eigenvalue weighted by Gasteiger charge is 2.30. The number of amides is 1. The van der Waals surface area contributed by atoms with E-state index in [1.165, 1.54) is 0 Å². The van der Waals surface area contributed by atoms with Crippen LogP contribution in [0.1, 0.15) is 29.8 Å². The highest BCUT2D eigenvalue weighted by molar-refractivity contribution is 6.02. The Morgan fingerprint density at radius 2 is 1.53 bits per heavy atom. The van der Waals surface area contributed by atoms with Gasteiger partial charge in [0.1, 0.15) is 0 Å². The first-order valence-electron chi connectivity index (χ1n) is 11.0. The van der Waals surface area contributed by atoms with E-state index in [9.17, 15) is 14.4 Å². The molecule has 0 radical (unpaired) electrons. The molecule has 0 atom stereocenters. The maximum Gasteiger partial charge on any atom is 0.336 e. The van der Waals surface area contributed by atoms with Gasteiger partial charge in [-0.25, -0.2) is 9.59 Å². The van der Waals surface area contributed by atoms with E-state index in [1.54, 1.807) is 17.0 Å². The molecule has 0 aliphatic carbocycles. The van der Waals surface area contributed by atoms with E-state index in [0.717, 1.165) is 38.3 Å². The Kier molecular flexibility index (Phi) is 6.88. The van der Waals surface area contributed by atoms with Gasteiger partial charge in [-0.3, -0.25) is 14.6 Å². The van der Waals surface area contributed by atoms with Crippen molar-refractivity contribution in [2.24, 2.45) is 0 Å². The zero-order valence-corrected chi connectivity index (χ0v) is 18.5. The van der Waals surface area contributed by atoms with Gasteiger partial charge in [-0.05, 0) is 19.9 Å². The van der Waals surface area contributed by atoms with Crippen LogP contribution in [0.25, 0.3) is 0 Å². The lowest BCUT2D eigenvalue weighted by molar-refractivity contribution is -0.133. The van der Waals surface area contributed by atoms with E-state index < -0.39 is 11.9 Å². The minimum atomic E-state index is -0.718. The molecule has 0 N–H and O–H groups in total. The standard InChI is InChI=1S/C23H29N3O6/c1-16(2)25-7-9-26(10-8-25)23(29)18-4-3-17(15-24-11-13-30-14-12-24)21-22(18)32-20(28)6-5-19(27)31-21/h3-6,16H,7-15H2,1-2H3/b6-5+. The van der Waals surface area contributed by atoms with Crippen molar-refractivity contribution in [2.45, 2.75) is 26.4 Å². The lowest BCUT2D eigenvalue weighted by atomic mass is 10.1. The second kappa shape index (κ2) is 9.81. The van der Waals surface area contributed by atoms with Gasteiger partial charge >= 0.3 is 11.9 Å². The third-order valence-corrected chi connectivity index (χ3v) is 6.01. The number of morpholine rings is 1. The fraction of sp³-hybridized carbons (Fsp3) is 0.522. The number of nitrogens with zero attached hydrogens (tertiary/aromatic N) is 3. The largest absolute Gasteiger partial charge is 0.419 e. The Labute approximate surface area is 187 Å². The van der Waals surface area contributed by atoms with Crippen LogP contribution in [0.15, 0.2) is 24.3 Å². The molecule has 0 spiro atoms. The van der Waals surface area contributed by atoms with E-state index in [1.807, 2.05) is 0 Å². The highest BCUT2D eigenvalue weighted by Crippen LogP contribution is 2.38. The van der Waals surface area contributed by atoms with E-state index in [4.69, 9.17) is 14.2 Å². The molecule has 3 aliphatic rings. The molecule has 1 amide bonds. The van der Waals surface area contributed by atoms with E-state index >= 15 is 0 Å². The highest BCUT2D eigenvalue weighted by atomic mass is 16.6. The summed E-state index contributed by atoms with van der Waals surface area (Å²) in [5.41, 5.74) is 0.903. The molecule has 1 aromatic carbocycles. The second-order valence-corrected chi connectivity index (χ2v) is 8.42. The van der Waals surface area contributed by atoms with Gasteiger partial charge in [-0.1, -0.05) is 6.07 Å². The topological polar surface area (TPSA) is 88.6 Å². The number of hydrogen-bond acceptors (Lipinski definition) is 8. The second-order valence-electron chi connectivity index (χ2n) is 8.42. The Bertz CT molecular complexity index is 915. The lowest BCUT2D eigenvalue weighted by Crippen LogP contribution is -2.50. The molecule has 0 aromatic heterocycles. The Balaban J connectivity index is 1.65. The van der Waals surface area contributed by atoms with Gasteiger partial charge in [0.15, 0.2) is 11.5 Å². The van der Waals surface area contributed by atoms with Crippen molar-refractivity contribution in [3.8, 4) is 11.5 Å². The van der Waals surface area contributed by atoms with E-state index in [2.05, 4.69) is 23.6 Å². The average molecular weight is 444 g/mol. The zero-order chi connectivity index (χ0) is 22.7. The third-order valence-electron chi connectivity index (χ3n) is 6.01. The number of carbonyl (C=O) groups is 3. The molecule has 9 heteroatoms. The number of benzene rings is 1. The molecule has 3 heterocycles. The van der Waals surface area contributed by atoms with Crippen molar-refractivity contribution in [1.29, 1.82) is 0 Å². The molecule has 2 saturated heterocycles. The Morgan fingerprint density at radius 3 is 2.16 bits per heavy atom. The van der Waals surface area contributed by atoms with Gasteiger partial charge in [0, 0.05) is 69.6 Å². The van der Waals surface area contributed by atoms with Crippen LogP contribution >= 0.6 is 0 Å². The van der Waals surface area contributed by atoms with Crippen LogP contribution in [-0.4, -0.2) is 91.1 Å². The van der Waals surface area contributed by atoms with Crippen LogP contribution in [0.4, 0.5) is 0 Å². The molecular formula is C23H29N3O6. The minimum Gasteiger partial charge on any atom is -0.419 e. The van der Waals surface area contributed by atoms with Crippen LogP contribution < -0.4 is 9.47 Å². The van der Waals surface area contributed by atoms with Crippen LogP contribution in [-0.2, 0) is 20.9 Å². The minimum absolute atomic E-state index is 0.00903. The average Bonchev–Trinajstić information content (AvgIpc) is 2.79. The first-order valence-corrected chi connectivity index (χ1v) is 11.0. The zero-order valence-electron chi connectivity index (χ0n) is 18.5. The summed E-state index contributed by atoms with van der Waals surface area (Å²) in [4.78, 5) is 44.1. The fourth-order valence-electron chi connectivity index (χ4n) is 4.13. The van der Waals surface area contributed by atoms with Crippen molar-refractivity contribution >= 4 is 17.8 Å². The summed E-state index contributed by atoms with van der Waals surface area (Å²) in [6.07, 6.45) is 2.04. The molecule has 0 unspecified atom stereocenters. The molecule has 1 aromatic rings. The smallest absolute Gasteiger partial charge is 0.336 e. The van der Waals surface area contributed by atoms with E-state index in [0.29, 0.717) is 44.5 Å². The van der Waals surface area contributed by atoms with Gasteiger partial charge in [-0.15, -0.1) is 0 Å². The monoisotopic (exact) mass is 443 g/mol. The number of esters is 2.